The Labute approximate surface area is 110 Å². The fourth-order valence-corrected chi connectivity index (χ4v) is 1.46. The Bertz CT molecular complexity index is 583. The van der Waals surface area contributed by atoms with E-state index in [9.17, 15) is 4.79 Å². The van der Waals surface area contributed by atoms with Crippen LogP contribution in [-0.4, -0.2) is 29.1 Å². The van der Waals surface area contributed by atoms with Crippen LogP contribution in [0.1, 0.15) is 15.9 Å². The fourth-order valence-electron chi connectivity index (χ4n) is 1.46. The lowest BCUT2D eigenvalue weighted by atomic mass is 10.2. The quantitative estimate of drug-likeness (QED) is 0.637. The minimum atomic E-state index is -0.317. The molecule has 0 saturated carbocycles. The number of nitrogens with one attached hydrogen (secondary N) is 2. The maximum absolute atomic E-state index is 11.9. The van der Waals surface area contributed by atoms with Crippen molar-refractivity contribution in [2.24, 2.45) is 5.10 Å². The van der Waals surface area contributed by atoms with Gasteiger partial charge in [-0.25, -0.2) is 10.4 Å². The average molecular weight is 255 g/mol. The predicted octanol–water partition coefficient (Wildman–Crippen LogP) is 1.28. The first-order valence-electron chi connectivity index (χ1n) is 5.67. The molecule has 0 unspecified atom stereocenters. The van der Waals surface area contributed by atoms with Gasteiger partial charge in [-0.1, -0.05) is 0 Å². The van der Waals surface area contributed by atoms with Gasteiger partial charge in [-0.05, 0) is 29.8 Å². The molecule has 0 radical (unpaired) electrons. The minimum Gasteiger partial charge on any atom is -0.372 e. The zero-order valence-electron chi connectivity index (χ0n) is 10.4. The van der Waals surface area contributed by atoms with Gasteiger partial charge in [-0.15, -0.1) is 0 Å². The summed E-state index contributed by atoms with van der Waals surface area (Å²) >= 11 is 0. The lowest BCUT2D eigenvalue weighted by Gasteiger charge is -2.05. The summed E-state index contributed by atoms with van der Waals surface area (Å²) in [4.78, 5) is 19.8. The van der Waals surface area contributed by atoms with E-state index in [1.54, 1.807) is 56.1 Å². The molecule has 6 heteroatoms. The smallest absolute Gasteiger partial charge is 0.275 e. The largest absolute Gasteiger partial charge is 0.372 e. The maximum atomic E-state index is 11.9. The molecule has 0 atom stereocenters. The van der Waals surface area contributed by atoms with Crippen molar-refractivity contribution in [1.29, 1.82) is 0 Å². The molecule has 96 valence electrons. The van der Waals surface area contributed by atoms with Crippen molar-refractivity contribution in [1.82, 2.24) is 15.4 Å². The van der Waals surface area contributed by atoms with Crippen LogP contribution in [0.15, 0.2) is 48.0 Å². The number of anilines is 1. The third kappa shape index (κ3) is 3.35. The molecular formula is C13H13N5O. The molecule has 2 heterocycles. The summed E-state index contributed by atoms with van der Waals surface area (Å²) in [6.07, 6.45) is 6.48. The Hall–Kier alpha value is -2.76. The van der Waals surface area contributed by atoms with E-state index in [0.29, 0.717) is 11.4 Å². The summed E-state index contributed by atoms with van der Waals surface area (Å²) in [7, 11) is 1.71. The second kappa shape index (κ2) is 6.25. The molecule has 0 aliphatic carbocycles. The molecule has 2 aromatic rings. The second-order valence-corrected chi connectivity index (χ2v) is 3.63. The summed E-state index contributed by atoms with van der Waals surface area (Å²) in [6.45, 7) is 0. The Balaban J connectivity index is 2.04. The van der Waals surface area contributed by atoms with Crippen LogP contribution in [0.4, 0.5) is 5.82 Å². The number of rotatable bonds is 4. The highest BCUT2D eigenvalue weighted by molar-refractivity contribution is 5.99. The zero-order chi connectivity index (χ0) is 13.5. The van der Waals surface area contributed by atoms with E-state index in [2.05, 4.69) is 25.8 Å². The van der Waals surface area contributed by atoms with E-state index in [1.165, 1.54) is 0 Å². The van der Waals surface area contributed by atoms with Crippen LogP contribution in [0, 0.1) is 0 Å². The van der Waals surface area contributed by atoms with Crippen LogP contribution in [0.2, 0.25) is 0 Å². The van der Waals surface area contributed by atoms with Crippen molar-refractivity contribution in [2.45, 2.75) is 0 Å². The summed E-state index contributed by atoms with van der Waals surface area (Å²) in [5, 5.41) is 6.74. The van der Waals surface area contributed by atoms with Gasteiger partial charge in [0.15, 0.2) is 0 Å². The molecule has 0 aromatic carbocycles. The Kier molecular flexibility index (Phi) is 4.17. The monoisotopic (exact) mass is 255 g/mol. The van der Waals surface area contributed by atoms with Gasteiger partial charge in [-0.2, -0.15) is 5.10 Å². The molecule has 2 aromatic heterocycles. The molecule has 0 aliphatic heterocycles. The minimum absolute atomic E-state index is 0.317. The predicted molar refractivity (Wildman–Crippen MR) is 73.1 cm³/mol. The van der Waals surface area contributed by atoms with Crippen molar-refractivity contribution in [3.05, 3.63) is 54.0 Å². The summed E-state index contributed by atoms with van der Waals surface area (Å²) in [6, 6.07) is 6.95. The van der Waals surface area contributed by atoms with E-state index >= 15 is 0 Å². The maximum Gasteiger partial charge on any atom is 0.275 e. The number of aromatic nitrogens is 2. The van der Waals surface area contributed by atoms with Gasteiger partial charge in [-0.3, -0.25) is 9.78 Å². The first kappa shape index (κ1) is 12.7. The fraction of sp³-hybridized carbons (Fsp3) is 0.0769. The van der Waals surface area contributed by atoms with Crippen LogP contribution < -0.4 is 10.7 Å². The van der Waals surface area contributed by atoms with Gasteiger partial charge in [0.25, 0.3) is 5.91 Å². The number of amides is 1. The molecule has 0 bridgehead atoms. The highest BCUT2D eigenvalue weighted by Gasteiger charge is 2.09. The van der Waals surface area contributed by atoms with Gasteiger partial charge in [0, 0.05) is 25.6 Å². The molecule has 19 heavy (non-hydrogen) atoms. The van der Waals surface area contributed by atoms with Gasteiger partial charge in [0.1, 0.15) is 5.82 Å². The SMILES string of the molecule is CNc1ncccc1C(=O)N/N=C/c1ccncc1. The van der Waals surface area contributed by atoms with Gasteiger partial charge in [0.05, 0.1) is 11.8 Å². The number of hydrazone groups is 1. The standard InChI is InChI=1S/C13H13N5O/c1-14-12-11(3-2-6-16-12)13(19)18-17-9-10-4-7-15-8-5-10/h2-9H,1H3,(H,14,16)(H,18,19)/b17-9+. The van der Waals surface area contributed by atoms with Crippen molar-refractivity contribution in [3.63, 3.8) is 0 Å². The molecule has 2 N–H and O–H groups in total. The Morgan fingerprint density at radius 3 is 2.79 bits per heavy atom. The van der Waals surface area contributed by atoms with Crippen molar-refractivity contribution >= 4 is 17.9 Å². The van der Waals surface area contributed by atoms with E-state index in [0.717, 1.165) is 5.56 Å². The van der Waals surface area contributed by atoms with Gasteiger partial charge < -0.3 is 5.32 Å². The first-order chi connectivity index (χ1) is 9.31. The Morgan fingerprint density at radius 1 is 1.26 bits per heavy atom. The van der Waals surface area contributed by atoms with E-state index in [1.807, 2.05) is 0 Å². The molecule has 0 spiro atoms. The Morgan fingerprint density at radius 2 is 2.05 bits per heavy atom. The number of nitrogens with zero attached hydrogens (tertiary/aromatic N) is 3. The van der Waals surface area contributed by atoms with Gasteiger partial charge in [0.2, 0.25) is 0 Å². The molecular weight excluding hydrogens is 242 g/mol. The highest BCUT2D eigenvalue weighted by atomic mass is 16.2. The zero-order valence-corrected chi connectivity index (χ0v) is 10.4. The molecule has 0 fully saturated rings. The highest BCUT2D eigenvalue weighted by Crippen LogP contribution is 2.09. The van der Waals surface area contributed by atoms with Crippen LogP contribution >= 0.6 is 0 Å². The van der Waals surface area contributed by atoms with E-state index in [-0.39, 0.29) is 5.91 Å². The summed E-state index contributed by atoms with van der Waals surface area (Å²) in [5.74, 6) is 0.196. The number of carbonyl (C=O) groups excluding carboxylic acids is 1. The van der Waals surface area contributed by atoms with Crippen LogP contribution in [-0.2, 0) is 0 Å². The van der Waals surface area contributed by atoms with Crippen molar-refractivity contribution in [2.75, 3.05) is 12.4 Å². The van der Waals surface area contributed by atoms with Crippen molar-refractivity contribution < 1.29 is 4.79 Å². The molecule has 0 aliphatic rings. The third-order valence-electron chi connectivity index (χ3n) is 2.37. The summed E-state index contributed by atoms with van der Waals surface area (Å²) < 4.78 is 0. The van der Waals surface area contributed by atoms with Gasteiger partial charge >= 0.3 is 0 Å². The topological polar surface area (TPSA) is 79.3 Å². The van der Waals surface area contributed by atoms with Crippen LogP contribution in [0.5, 0.6) is 0 Å². The lowest BCUT2D eigenvalue weighted by molar-refractivity contribution is 0.0955. The lowest BCUT2D eigenvalue weighted by Crippen LogP contribution is -2.19. The van der Waals surface area contributed by atoms with Crippen molar-refractivity contribution in [3.8, 4) is 0 Å². The first-order valence-corrected chi connectivity index (χ1v) is 5.67. The number of hydrogen-bond acceptors (Lipinski definition) is 5. The average Bonchev–Trinajstić information content (AvgIpc) is 2.48. The third-order valence-corrected chi connectivity index (χ3v) is 2.37. The van der Waals surface area contributed by atoms with Crippen LogP contribution in [0.3, 0.4) is 0 Å². The van der Waals surface area contributed by atoms with Crippen LogP contribution in [0.25, 0.3) is 0 Å². The molecule has 6 nitrogen and oxygen atoms in total. The number of hydrogen-bond donors (Lipinski definition) is 2. The summed E-state index contributed by atoms with van der Waals surface area (Å²) in [5.41, 5.74) is 3.75. The molecule has 1 amide bonds. The number of pyridine rings is 2. The van der Waals surface area contributed by atoms with E-state index < -0.39 is 0 Å². The molecule has 0 saturated heterocycles. The van der Waals surface area contributed by atoms with E-state index in [4.69, 9.17) is 0 Å². The second-order valence-electron chi connectivity index (χ2n) is 3.63. The number of carbonyl (C=O) groups is 1. The molecule has 2 rings (SSSR count). The normalized spacial score (nSPS) is 10.4.